The average Bonchev–Trinajstić information content (AvgIpc) is 0.769. The van der Waals surface area contributed by atoms with Crippen molar-refractivity contribution in [1.82, 2.24) is 0 Å². The van der Waals surface area contributed by atoms with Crippen LogP contribution in [-0.2, 0) is 80.9 Å². The van der Waals surface area contributed by atoms with Crippen molar-refractivity contribution >= 4 is 111 Å². The van der Waals surface area contributed by atoms with Crippen LogP contribution in [0.1, 0.15) is 50.4 Å². The first-order valence-electron chi connectivity index (χ1n) is 28.1. The molecule has 0 unspecified atom stereocenters. The number of ether oxygens (including phenoxy) is 6. The van der Waals surface area contributed by atoms with Crippen LogP contribution in [0, 0.1) is 13.8 Å². The van der Waals surface area contributed by atoms with Crippen LogP contribution in [0.4, 0.5) is 22.7 Å². The third-order valence-corrected chi connectivity index (χ3v) is 17.8. The van der Waals surface area contributed by atoms with Gasteiger partial charge in [-0.25, -0.2) is 16.8 Å². The zero-order chi connectivity index (χ0) is 66.8. The van der Waals surface area contributed by atoms with Gasteiger partial charge in [0.25, 0.3) is 26.5 Å². The van der Waals surface area contributed by atoms with Gasteiger partial charge in [-0.15, -0.1) is 0 Å². The van der Waals surface area contributed by atoms with Crippen molar-refractivity contribution in [3.8, 4) is 11.5 Å². The maximum Gasteiger partial charge on any atom is 1.00 e. The van der Waals surface area contributed by atoms with Gasteiger partial charge in [-0.1, -0.05) is 124 Å². The Morgan fingerprint density at radius 2 is 0.882 bits per heavy atom. The molecule has 21 nitrogen and oxygen atoms in total. The van der Waals surface area contributed by atoms with Gasteiger partial charge in [0, 0.05) is 58.1 Å². The fraction of sp³-hybridized carbons (Fsp3) is 0.269. The number of methoxy groups -OCH3 is 6. The van der Waals surface area contributed by atoms with E-state index in [4.69, 9.17) is 33.7 Å². The van der Waals surface area contributed by atoms with E-state index >= 15 is 0 Å². The van der Waals surface area contributed by atoms with Gasteiger partial charge in [-0.3, -0.25) is 33.0 Å². The zero-order valence-electron chi connectivity index (χ0n) is 55.1. The quantitative estimate of drug-likeness (QED) is 0.0166. The van der Waals surface area contributed by atoms with Crippen LogP contribution in [0.5, 0.6) is 11.5 Å². The van der Waals surface area contributed by atoms with Crippen molar-refractivity contribution in [2.45, 2.75) is 75.5 Å². The fourth-order valence-corrected chi connectivity index (χ4v) is 12.1. The number of benzene rings is 8. The molecular weight excluding hydrogens is 1350 g/mol. The number of carbonyl (C=O) groups is 5. The van der Waals surface area contributed by atoms with Gasteiger partial charge in [0.05, 0.1) is 76.7 Å². The number of sulfonamides is 2. The first kappa shape index (κ1) is 81.3. The van der Waals surface area contributed by atoms with Gasteiger partial charge < -0.3 is 49.8 Å². The van der Waals surface area contributed by atoms with Gasteiger partial charge in [0.15, 0.2) is 0 Å². The summed E-state index contributed by atoms with van der Waals surface area (Å²) in [5.41, 5.74) is 6.93. The molecule has 0 saturated carbocycles. The van der Waals surface area contributed by atoms with Crippen LogP contribution in [0.2, 0.25) is 0 Å². The third kappa shape index (κ3) is 23.7. The molecule has 0 spiro atoms. The van der Waals surface area contributed by atoms with Crippen LogP contribution < -0.4 is 136 Å². The van der Waals surface area contributed by atoms with Gasteiger partial charge in [0.2, 0.25) is 0 Å². The average molecular weight is 1430 g/mol. The second-order valence-corrected chi connectivity index (χ2v) is 24.4. The molecule has 486 valence electrons. The molecule has 0 aromatic heterocycles. The van der Waals surface area contributed by atoms with E-state index < -0.39 is 32.6 Å². The molecule has 0 heterocycles. The number of anilines is 4. The summed E-state index contributed by atoms with van der Waals surface area (Å²) in [5, 5.41) is 11.7. The van der Waals surface area contributed by atoms with E-state index in [1.165, 1.54) is 72.5 Å². The van der Waals surface area contributed by atoms with Gasteiger partial charge in [0.1, 0.15) is 23.4 Å². The minimum absolute atomic E-state index is 0. The molecule has 8 aromatic rings. The maximum atomic E-state index is 14.0. The van der Waals surface area contributed by atoms with Crippen molar-refractivity contribution in [1.29, 1.82) is 0 Å². The summed E-state index contributed by atoms with van der Waals surface area (Å²) < 4.78 is 87.5. The summed E-state index contributed by atoms with van der Waals surface area (Å²) in [5.74, 6) is -0.499. The predicted octanol–water partition coefficient (Wildman–Crippen LogP) is 4.51. The predicted molar refractivity (Wildman–Crippen MR) is 352 cm³/mol. The molecule has 2 atom stereocenters. The molecule has 0 fully saturated rings. The Balaban J connectivity index is 0.000000546. The van der Waals surface area contributed by atoms with E-state index in [-0.39, 0.29) is 169 Å². The van der Waals surface area contributed by atoms with E-state index in [0.717, 1.165) is 48.5 Å². The molecule has 0 saturated heterocycles. The molecule has 1 N–H and O–H groups in total. The van der Waals surface area contributed by atoms with Crippen molar-refractivity contribution in [3.05, 3.63) is 192 Å². The Morgan fingerprint density at radius 3 is 1.26 bits per heavy atom. The normalized spacial score (nSPS) is 11.2. The number of nitrogens with one attached hydrogen (secondary N) is 1. The van der Waals surface area contributed by atoms with Gasteiger partial charge >= 0.3 is 127 Å². The fourth-order valence-electron chi connectivity index (χ4n) is 9.33. The minimum atomic E-state index is -4.19. The van der Waals surface area contributed by atoms with E-state index in [1.807, 2.05) is 113 Å². The third-order valence-electron chi connectivity index (χ3n) is 14.2. The van der Waals surface area contributed by atoms with Crippen molar-refractivity contribution < 1.29 is 184 Å². The molecule has 0 aliphatic rings. The van der Waals surface area contributed by atoms with Crippen molar-refractivity contribution in [3.63, 3.8) is 0 Å². The van der Waals surface area contributed by atoms with Crippen LogP contribution in [0.3, 0.4) is 0 Å². The Morgan fingerprint density at radius 1 is 0.516 bits per heavy atom. The molecule has 93 heavy (non-hydrogen) atoms. The van der Waals surface area contributed by atoms with Gasteiger partial charge in [-0.05, 0) is 112 Å². The largest absolute Gasteiger partial charge is 1.00 e. The Kier molecular flexibility index (Phi) is 35.3. The maximum absolute atomic E-state index is 14.0. The Labute approximate surface area is 638 Å². The number of nitrogens with zero attached hydrogens (tertiary/aromatic N) is 3. The summed E-state index contributed by atoms with van der Waals surface area (Å²) in [6.45, 7) is 8.36. The molecule has 0 aliphatic heterocycles. The number of aryl methyl sites for hydroxylation is 2. The van der Waals surface area contributed by atoms with Crippen LogP contribution >= 0.6 is 15.9 Å². The zero-order valence-corrected chi connectivity index (χ0v) is 63.6. The van der Waals surface area contributed by atoms with Crippen molar-refractivity contribution in [2.24, 2.45) is 0 Å². The number of hydrogen-bond donors (Lipinski definition) is 1. The summed E-state index contributed by atoms with van der Waals surface area (Å²) in [6, 6.07) is 50.5. The number of esters is 4. The molecule has 8 aromatic carbocycles. The molecule has 0 bridgehead atoms. The first-order chi connectivity index (χ1) is 43.5. The molecular formula is C67H75BrK2N4O17S2. The smallest absolute Gasteiger partial charge is 1.00 e. The molecule has 26 heteroatoms. The second kappa shape index (κ2) is 40.4. The van der Waals surface area contributed by atoms with E-state index in [1.54, 1.807) is 36.4 Å². The standard InChI is InChI=1S/C33H36N2O7S.C30H32N2O5S.C3H5BrO2.CH2O3.2K.H/c1-23-10-12-25(13-11-23)21-34(24(2)20-32(36)41-4)30-18-19-31(29-9-7-6-8-28(29)30)35(22-33(37)42-5)43(38,39)27-16-14-26(40-3)15-17-27;1-21-9-11-23(12-10-21)20-32(22(2)19-30(33)37-4)29-18-17-28(26-7-5-6-8-27(26)29)31-38(34,35)25-15-13-24(36-3)14-16-25;1-6-3(5)2-4;2-1-4-3;;;/h6-19,24H,20-22H2,1-5H3;5-18,22,31H,19-20H2,1-4H3;2H2,1H3;1,3H;;;/q;;;;2*+1;-1/p-1/t24-;22-;;;;;/m00...../s1. The number of carbonyl (C=O) groups excluding carboxylic acids is 5. The summed E-state index contributed by atoms with van der Waals surface area (Å²) >= 11 is 2.90. The molecule has 8 rings (SSSR count). The first-order valence-corrected chi connectivity index (χ1v) is 32.1. The minimum Gasteiger partial charge on any atom is -1.00 e. The summed E-state index contributed by atoms with van der Waals surface area (Å²) in [6.07, 6.45) is 0.362. The van der Waals surface area contributed by atoms with Crippen molar-refractivity contribution in [2.75, 3.05) is 73.4 Å². The van der Waals surface area contributed by atoms with Crippen LogP contribution in [0.25, 0.3) is 21.5 Å². The molecule has 0 aliphatic carbocycles. The molecule has 0 amide bonds. The topological polar surface area (TPSA) is 263 Å². The SMILES string of the molecule is COC(=O)CBr.COC(=O)C[C@H](C)N(Cc1ccc(C)cc1)c1ccc(N(CC(=O)OC)S(=O)(=O)c2ccc(OC)cc2)c2ccccc12.COC(=O)C[C@H](C)N(Cc1ccc(C)cc1)c1ccc(NS(=O)(=O)c2ccc(OC)cc2)c2ccccc12.O=CO[O-].[H-].[K+].[K+]. The van der Waals surface area contributed by atoms with Crippen LogP contribution in [-0.4, -0.2) is 114 Å². The number of halogens is 1. The van der Waals surface area contributed by atoms with Gasteiger partial charge in [-0.2, -0.15) is 0 Å². The summed E-state index contributed by atoms with van der Waals surface area (Å²) in [7, 11) is 0.318. The van der Waals surface area contributed by atoms with Crippen LogP contribution in [0.15, 0.2) is 180 Å². The van der Waals surface area contributed by atoms with E-state index in [2.05, 4.69) is 64.3 Å². The number of alkyl halides is 1. The summed E-state index contributed by atoms with van der Waals surface area (Å²) in [4.78, 5) is 62.6. The monoisotopic (exact) mass is 1430 g/mol. The molecule has 0 radical (unpaired) electrons. The number of hydrogen-bond acceptors (Lipinski definition) is 19. The number of fused-ring (bicyclic) bond motifs is 2. The van der Waals surface area contributed by atoms with E-state index in [9.17, 15) is 36.0 Å². The Hall–Kier alpha value is -5.96. The van der Waals surface area contributed by atoms with E-state index in [0.29, 0.717) is 41.3 Å². The second-order valence-electron chi connectivity index (χ2n) is 20.3. The number of rotatable bonds is 24. The Bertz CT molecular complexity index is 3950.